The van der Waals surface area contributed by atoms with Crippen molar-refractivity contribution in [2.45, 2.75) is 0 Å². The lowest BCUT2D eigenvalue weighted by atomic mass is 10.0. The number of carboxylic acids is 1. The molecular formula is C17H11FINO3. The van der Waals surface area contributed by atoms with Crippen LogP contribution in [0.4, 0.5) is 4.39 Å². The topological polar surface area (TPSA) is 59.4 Å². The highest BCUT2D eigenvalue weighted by Gasteiger charge is 2.14. The van der Waals surface area contributed by atoms with Crippen LogP contribution in [0.25, 0.3) is 22.2 Å². The number of hydrogen-bond donors (Lipinski definition) is 1. The van der Waals surface area contributed by atoms with E-state index in [9.17, 15) is 14.3 Å². The van der Waals surface area contributed by atoms with E-state index < -0.39 is 11.8 Å². The van der Waals surface area contributed by atoms with E-state index in [2.05, 4.69) is 27.6 Å². The monoisotopic (exact) mass is 423 g/mol. The maximum absolute atomic E-state index is 13.9. The quantitative estimate of drug-likeness (QED) is 0.637. The molecule has 0 bridgehead atoms. The van der Waals surface area contributed by atoms with Crippen molar-refractivity contribution >= 4 is 39.5 Å². The van der Waals surface area contributed by atoms with Gasteiger partial charge in [-0.25, -0.2) is 14.2 Å². The van der Waals surface area contributed by atoms with E-state index in [4.69, 9.17) is 4.74 Å². The van der Waals surface area contributed by atoms with Gasteiger partial charge in [0, 0.05) is 14.5 Å². The van der Waals surface area contributed by atoms with E-state index in [0.29, 0.717) is 22.2 Å². The van der Waals surface area contributed by atoms with E-state index in [0.717, 1.165) is 3.57 Å². The first kappa shape index (κ1) is 15.7. The molecule has 1 aromatic heterocycles. The third kappa shape index (κ3) is 2.98. The first-order valence-electron chi connectivity index (χ1n) is 6.67. The maximum atomic E-state index is 13.9. The number of aromatic carboxylic acids is 1. The van der Waals surface area contributed by atoms with Gasteiger partial charge in [0.25, 0.3) is 0 Å². The lowest BCUT2D eigenvalue weighted by molar-refractivity contribution is 0.0699. The van der Waals surface area contributed by atoms with E-state index in [1.54, 1.807) is 18.2 Å². The van der Waals surface area contributed by atoms with Gasteiger partial charge < -0.3 is 9.84 Å². The number of hydrogen-bond acceptors (Lipinski definition) is 3. The van der Waals surface area contributed by atoms with Gasteiger partial charge in [-0.05, 0) is 65.1 Å². The molecule has 2 aromatic carbocycles. The molecule has 116 valence electrons. The smallest absolute Gasteiger partial charge is 0.336 e. The second-order valence-electron chi connectivity index (χ2n) is 4.87. The molecule has 0 saturated carbocycles. The van der Waals surface area contributed by atoms with Crippen molar-refractivity contribution in [2.75, 3.05) is 7.11 Å². The second-order valence-corrected chi connectivity index (χ2v) is 6.12. The Balaban J connectivity index is 2.24. The Morgan fingerprint density at radius 2 is 2.00 bits per heavy atom. The fourth-order valence-electron chi connectivity index (χ4n) is 2.35. The van der Waals surface area contributed by atoms with E-state index in [1.165, 1.54) is 25.3 Å². The summed E-state index contributed by atoms with van der Waals surface area (Å²) in [5, 5.41) is 10.0. The number of pyridine rings is 1. The third-order valence-corrected chi connectivity index (χ3v) is 4.12. The summed E-state index contributed by atoms with van der Waals surface area (Å²) in [6.45, 7) is 0. The SMILES string of the molecule is COc1ccc(-c2cc(C(=O)O)c3cc(I)ccc3n2)cc1F. The minimum atomic E-state index is -1.05. The zero-order valence-corrected chi connectivity index (χ0v) is 14.2. The summed E-state index contributed by atoms with van der Waals surface area (Å²) in [6.07, 6.45) is 0. The van der Waals surface area contributed by atoms with Crippen molar-refractivity contribution in [1.82, 2.24) is 4.98 Å². The molecule has 0 spiro atoms. The number of carboxylic acid groups (broad SMARTS) is 1. The predicted octanol–water partition coefficient (Wildman–Crippen LogP) is 4.35. The third-order valence-electron chi connectivity index (χ3n) is 3.45. The van der Waals surface area contributed by atoms with Crippen LogP contribution >= 0.6 is 22.6 Å². The van der Waals surface area contributed by atoms with Crippen LogP contribution in [-0.4, -0.2) is 23.2 Å². The summed E-state index contributed by atoms with van der Waals surface area (Å²) in [4.78, 5) is 16.0. The molecule has 3 aromatic rings. The van der Waals surface area contributed by atoms with E-state index in [1.807, 2.05) is 6.07 Å². The van der Waals surface area contributed by atoms with Gasteiger partial charge in [0.05, 0.1) is 23.9 Å². The number of fused-ring (bicyclic) bond motifs is 1. The highest BCUT2D eigenvalue weighted by Crippen LogP contribution is 2.28. The Labute approximate surface area is 145 Å². The number of methoxy groups -OCH3 is 1. The Morgan fingerprint density at radius 3 is 2.65 bits per heavy atom. The average Bonchev–Trinajstić information content (AvgIpc) is 2.53. The number of benzene rings is 2. The number of nitrogens with zero attached hydrogens (tertiary/aromatic N) is 1. The number of rotatable bonds is 3. The van der Waals surface area contributed by atoms with Crippen LogP contribution < -0.4 is 4.74 Å². The number of aromatic nitrogens is 1. The Kier molecular flexibility index (Phi) is 4.16. The summed E-state index contributed by atoms with van der Waals surface area (Å²) in [6, 6.07) is 11.3. The fraction of sp³-hybridized carbons (Fsp3) is 0.0588. The molecule has 0 amide bonds. The molecule has 1 heterocycles. The van der Waals surface area contributed by atoms with Gasteiger partial charge in [0.2, 0.25) is 0 Å². The number of halogens is 2. The molecule has 3 rings (SSSR count). The molecule has 0 aliphatic heterocycles. The minimum absolute atomic E-state index is 0.127. The first-order valence-corrected chi connectivity index (χ1v) is 7.75. The molecular weight excluding hydrogens is 412 g/mol. The van der Waals surface area contributed by atoms with Crippen molar-refractivity contribution < 1.29 is 19.0 Å². The van der Waals surface area contributed by atoms with Gasteiger partial charge >= 0.3 is 5.97 Å². The van der Waals surface area contributed by atoms with Crippen molar-refractivity contribution in [3.63, 3.8) is 0 Å². The predicted molar refractivity (Wildman–Crippen MR) is 93.4 cm³/mol. The summed E-state index contributed by atoms with van der Waals surface area (Å²) in [5.74, 6) is -1.44. The zero-order chi connectivity index (χ0) is 16.6. The molecule has 0 aliphatic rings. The molecule has 6 heteroatoms. The summed E-state index contributed by atoms with van der Waals surface area (Å²) < 4.78 is 19.7. The molecule has 1 N–H and O–H groups in total. The average molecular weight is 423 g/mol. The van der Waals surface area contributed by atoms with Crippen LogP contribution in [0.15, 0.2) is 42.5 Å². The van der Waals surface area contributed by atoms with E-state index in [-0.39, 0.29) is 11.3 Å². The van der Waals surface area contributed by atoms with Gasteiger partial charge in [0.1, 0.15) is 0 Å². The van der Waals surface area contributed by atoms with E-state index >= 15 is 0 Å². The maximum Gasteiger partial charge on any atom is 0.336 e. The molecule has 0 saturated heterocycles. The van der Waals surface area contributed by atoms with Gasteiger partial charge in [-0.2, -0.15) is 0 Å². The molecule has 0 aliphatic carbocycles. The molecule has 0 fully saturated rings. The zero-order valence-electron chi connectivity index (χ0n) is 12.0. The molecule has 0 radical (unpaired) electrons. The van der Waals surface area contributed by atoms with Crippen LogP contribution in [0.1, 0.15) is 10.4 Å². The largest absolute Gasteiger partial charge is 0.494 e. The summed E-state index contributed by atoms with van der Waals surface area (Å²) in [7, 11) is 1.39. The molecule has 0 unspecified atom stereocenters. The van der Waals surface area contributed by atoms with Gasteiger partial charge in [-0.1, -0.05) is 0 Å². The lowest BCUT2D eigenvalue weighted by Gasteiger charge is -2.09. The van der Waals surface area contributed by atoms with Crippen molar-refractivity contribution in [3.8, 4) is 17.0 Å². The fourth-order valence-corrected chi connectivity index (χ4v) is 2.84. The molecule has 23 heavy (non-hydrogen) atoms. The summed E-state index contributed by atoms with van der Waals surface area (Å²) >= 11 is 2.12. The molecule has 4 nitrogen and oxygen atoms in total. The highest BCUT2D eigenvalue weighted by atomic mass is 127. The number of carbonyl (C=O) groups is 1. The van der Waals surface area contributed by atoms with Gasteiger partial charge in [-0.3, -0.25) is 0 Å². The van der Waals surface area contributed by atoms with Crippen LogP contribution in [0.3, 0.4) is 0 Å². The Hall–Kier alpha value is -2.22. The van der Waals surface area contributed by atoms with Crippen LogP contribution in [0, 0.1) is 9.39 Å². The van der Waals surface area contributed by atoms with Gasteiger partial charge in [-0.15, -0.1) is 0 Å². The van der Waals surface area contributed by atoms with Crippen LogP contribution in [0.5, 0.6) is 5.75 Å². The Morgan fingerprint density at radius 1 is 1.22 bits per heavy atom. The molecule has 0 atom stereocenters. The Bertz CT molecular complexity index is 927. The normalized spacial score (nSPS) is 10.7. The van der Waals surface area contributed by atoms with Crippen molar-refractivity contribution in [1.29, 1.82) is 0 Å². The highest BCUT2D eigenvalue weighted by molar-refractivity contribution is 14.1. The summed E-state index contributed by atoms with van der Waals surface area (Å²) in [5.41, 5.74) is 1.58. The van der Waals surface area contributed by atoms with Crippen molar-refractivity contribution in [2.24, 2.45) is 0 Å². The standard InChI is InChI=1S/C17H11FINO3/c1-23-16-5-2-9(6-13(16)18)15-8-12(17(21)22)11-7-10(19)3-4-14(11)20-15/h2-8H,1H3,(H,21,22). The second kappa shape index (κ2) is 6.11. The van der Waals surface area contributed by atoms with Crippen LogP contribution in [0.2, 0.25) is 0 Å². The number of ether oxygens (including phenoxy) is 1. The minimum Gasteiger partial charge on any atom is -0.494 e. The first-order chi connectivity index (χ1) is 11.0. The van der Waals surface area contributed by atoms with Gasteiger partial charge in [0.15, 0.2) is 11.6 Å². The van der Waals surface area contributed by atoms with Crippen LogP contribution in [-0.2, 0) is 0 Å². The lowest BCUT2D eigenvalue weighted by Crippen LogP contribution is -2.01. The van der Waals surface area contributed by atoms with Crippen molar-refractivity contribution in [3.05, 3.63) is 57.4 Å².